The highest BCUT2D eigenvalue weighted by atomic mass is 16.7. The van der Waals surface area contributed by atoms with E-state index in [4.69, 9.17) is 10.6 Å². The average Bonchev–Trinajstić information content (AvgIpc) is 2.47. The van der Waals surface area contributed by atoms with Crippen molar-refractivity contribution >= 4 is 11.9 Å². The van der Waals surface area contributed by atoms with E-state index in [-0.39, 0.29) is 5.97 Å². The normalized spacial score (nSPS) is 17.2. The lowest BCUT2D eigenvalue weighted by molar-refractivity contribution is -0.204. The summed E-state index contributed by atoms with van der Waals surface area (Å²) >= 11 is 0. The maximum absolute atomic E-state index is 11.9. The van der Waals surface area contributed by atoms with Crippen molar-refractivity contribution in [3.8, 4) is 0 Å². The smallest absolute Gasteiger partial charge is 0.330 e. The Hall–Kier alpha value is -1.88. The van der Waals surface area contributed by atoms with Crippen molar-refractivity contribution in [2.45, 2.75) is 39.5 Å². The van der Waals surface area contributed by atoms with Crippen molar-refractivity contribution in [1.29, 1.82) is 0 Å². The quantitative estimate of drug-likeness (QED) is 0.931. The lowest BCUT2D eigenvalue weighted by atomic mass is 9.89. The van der Waals surface area contributed by atoms with Crippen LogP contribution in [-0.2, 0) is 9.63 Å². The number of carbonyl (C=O) groups excluding carboxylic acids is 2. The van der Waals surface area contributed by atoms with Gasteiger partial charge in [-0.1, -0.05) is 12.1 Å². The van der Waals surface area contributed by atoms with Gasteiger partial charge in [0.25, 0.3) is 0 Å². The summed E-state index contributed by atoms with van der Waals surface area (Å²) in [6.45, 7) is 7.00. The van der Waals surface area contributed by atoms with Gasteiger partial charge in [0.05, 0.1) is 5.41 Å². The Morgan fingerprint density at radius 1 is 1.14 bits per heavy atom. The summed E-state index contributed by atoms with van der Waals surface area (Å²) in [7, 11) is 0. The summed E-state index contributed by atoms with van der Waals surface area (Å²) in [5.74, 6) is -0.182. The van der Waals surface area contributed by atoms with Crippen LogP contribution in [0.5, 0.6) is 0 Å². The van der Waals surface area contributed by atoms with Crippen LogP contribution in [0.3, 0.4) is 0 Å². The minimum Gasteiger partial charge on any atom is -0.367 e. The lowest BCUT2D eigenvalue weighted by Crippen LogP contribution is -2.38. The van der Waals surface area contributed by atoms with Crippen LogP contribution in [-0.4, -0.2) is 30.0 Å². The molecule has 0 bridgehead atoms. The third kappa shape index (κ3) is 4.07. The van der Waals surface area contributed by atoms with Crippen LogP contribution >= 0.6 is 0 Å². The molecule has 2 N–H and O–H groups in total. The van der Waals surface area contributed by atoms with Crippen molar-refractivity contribution in [3.63, 3.8) is 0 Å². The van der Waals surface area contributed by atoms with E-state index in [0.29, 0.717) is 11.5 Å². The highest BCUT2D eigenvalue weighted by Crippen LogP contribution is 2.29. The van der Waals surface area contributed by atoms with Gasteiger partial charge in [-0.2, -0.15) is 0 Å². The maximum atomic E-state index is 11.9. The number of carbonyl (C=O) groups is 2. The summed E-state index contributed by atoms with van der Waals surface area (Å²) < 4.78 is 0. The molecule has 1 aliphatic heterocycles. The Morgan fingerprint density at radius 2 is 1.68 bits per heavy atom. The van der Waals surface area contributed by atoms with E-state index in [1.807, 2.05) is 32.9 Å². The van der Waals surface area contributed by atoms with E-state index < -0.39 is 11.3 Å². The molecule has 120 valence electrons. The highest BCUT2D eigenvalue weighted by molar-refractivity contribution is 5.92. The summed E-state index contributed by atoms with van der Waals surface area (Å²) in [5, 5.41) is 1.75. The molecule has 0 radical (unpaired) electrons. The first-order valence-electron chi connectivity index (χ1n) is 7.64. The van der Waals surface area contributed by atoms with Gasteiger partial charge in [-0.25, -0.2) is 4.79 Å². The Labute approximate surface area is 131 Å². The number of hydrogen-bond acceptors (Lipinski definition) is 4. The van der Waals surface area contributed by atoms with Crippen molar-refractivity contribution < 1.29 is 14.4 Å². The number of benzene rings is 1. The molecule has 0 unspecified atom stereocenters. The molecule has 0 aliphatic carbocycles. The lowest BCUT2D eigenvalue weighted by Gasteiger charge is -2.32. The topological polar surface area (TPSA) is 72.6 Å². The van der Waals surface area contributed by atoms with Crippen LogP contribution in [0.2, 0.25) is 0 Å². The van der Waals surface area contributed by atoms with Crippen molar-refractivity contribution in [2.75, 3.05) is 13.1 Å². The van der Waals surface area contributed by atoms with Gasteiger partial charge in [0.2, 0.25) is 5.91 Å². The monoisotopic (exact) mass is 304 g/mol. The second kappa shape index (κ2) is 6.48. The number of rotatable bonds is 3. The number of nitrogens with two attached hydrogens (primary N) is 1. The number of piperidine rings is 1. The molecular weight excluding hydrogens is 280 g/mol. The van der Waals surface area contributed by atoms with E-state index in [1.165, 1.54) is 5.56 Å². The van der Waals surface area contributed by atoms with Gasteiger partial charge in [0.15, 0.2) is 0 Å². The van der Waals surface area contributed by atoms with E-state index in [2.05, 4.69) is 0 Å². The fraction of sp³-hybridized carbons (Fsp3) is 0.529. The van der Waals surface area contributed by atoms with Crippen molar-refractivity contribution in [2.24, 2.45) is 11.1 Å². The Morgan fingerprint density at radius 3 is 2.14 bits per heavy atom. The second-order valence-electron chi connectivity index (χ2n) is 6.82. The van der Waals surface area contributed by atoms with Crippen LogP contribution in [0, 0.1) is 5.41 Å². The standard InChI is InChI=1S/C17H24N2O3/c1-17(2,3)16(21)22-19-10-8-13(9-11-19)12-4-6-14(7-5-12)15(18)20/h4-7,13H,8-11H2,1-3H3,(H2,18,20). The molecule has 0 atom stereocenters. The van der Waals surface area contributed by atoms with Crippen LogP contribution in [0.1, 0.15) is 55.5 Å². The molecule has 1 aromatic rings. The summed E-state index contributed by atoms with van der Waals surface area (Å²) in [5.41, 5.74) is 6.49. The van der Waals surface area contributed by atoms with Gasteiger partial charge in [-0.05, 0) is 57.2 Å². The van der Waals surface area contributed by atoms with Gasteiger partial charge >= 0.3 is 5.97 Å². The molecule has 2 rings (SSSR count). The zero-order valence-corrected chi connectivity index (χ0v) is 13.5. The molecule has 1 amide bonds. The van der Waals surface area contributed by atoms with Gasteiger partial charge in [-0.15, -0.1) is 5.06 Å². The third-order valence-electron chi connectivity index (χ3n) is 3.94. The largest absolute Gasteiger partial charge is 0.367 e. The van der Waals surface area contributed by atoms with Crippen LogP contribution in [0.25, 0.3) is 0 Å². The van der Waals surface area contributed by atoms with Crippen LogP contribution in [0.15, 0.2) is 24.3 Å². The van der Waals surface area contributed by atoms with Gasteiger partial charge in [-0.3, -0.25) is 4.79 Å². The Bertz CT molecular complexity index is 538. The molecule has 1 aliphatic rings. The van der Waals surface area contributed by atoms with Crippen molar-refractivity contribution in [3.05, 3.63) is 35.4 Å². The van der Waals surface area contributed by atoms with Crippen molar-refractivity contribution in [1.82, 2.24) is 5.06 Å². The minimum absolute atomic E-state index is 0.197. The third-order valence-corrected chi connectivity index (χ3v) is 3.94. The first-order chi connectivity index (χ1) is 10.3. The number of nitrogens with zero attached hydrogens (tertiary/aromatic N) is 1. The molecule has 1 fully saturated rings. The number of hydroxylamine groups is 2. The number of amides is 1. The van der Waals surface area contributed by atoms with Gasteiger partial charge < -0.3 is 10.6 Å². The predicted octanol–water partition coefficient (Wildman–Crippen LogP) is 2.47. The van der Waals surface area contributed by atoms with E-state index in [0.717, 1.165) is 25.9 Å². The Kier molecular flexibility index (Phi) is 4.86. The fourth-order valence-corrected chi connectivity index (χ4v) is 2.45. The number of hydrogen-bond donors (Lipinski definition) is 1. The average molecular weight is 304 g/mol. The molecular formula is C17H24N2O3. The summed E-state index contributed by atoms with van der Waals surface area (Å²) in [4.78, 5) is 28.4. The van der Waals surface area contributed by atoms with Gasteiger partial charge in [0, 0.05) is 18.7 Å². The predicted molar refractivity (Wildman–Crippen MR) is 84.1 cm³/mol. The molecule has 5 heteroatoms. The first-order valence-corrected chi connectivity index (χ1v) is 7.64. The molecule has 0 aromatic heterocycles. The SMILES string of the molecule is CC(C)(C)C(=O)ON1CCC(c2ccc(C(N)=O)cc2)CC1. The highest BCUT2D eigenvalue weighted by Gasteiger charge is 2.28. The van der Waals surface area contributed by atoms with E-state index >= 15 is 0 Å². The molecule has 1 aromatic carbocycles. The van der Waals surface area contributed by atoms with E-state index in [1.54, 1.807) is 17.2 Å². The number of primary amides is 1. The second-order valence-corrected chi connectivity index (χ2v) is 6.82. The molecule has 1 saturated heterocycles. The minimum atomic E-state index is -0.485. The molecule has 0 spiro atoms. The summed E-state index contributed by atoms with van der Waals surface area (Å²) in [6.07, 6.45) is 1.85. The van der Waals surface area contributed by atoms with E-state index in [9.17, 15) is 9.59 Å². The molecule has 5 nitrogen and oxygen atoms in total. The fourth-order valence-electron chi connectivity index (χ4n) is 2.45. The maximum Gasteiger partial charge on any atom is 0.330 e. The molecule has 1 heterocycles. The zero-order valence-electron chi connectivity index (χ0n) is 13.5. The molecule has 22 heavy (non-hydrogen) atoms. The first kappa shape index (κ1) is 16.5. The van der Waals surface area contributed by atoms with Crippen LogP contribution < -0.4 is 5.73 Å². The Balaban J connectivity index is 1.89. The van der Waals surface area contributed by atoms with Gasteiger partial charge in [0.1, 0.15) is 0 Å². The van der Waals surface area contributed by atoms with Crippen LogP contribution in [0.4, 0.5) is 0 Å². The summed E-state index contributed by atoms with van der Waals surface area (Å²) in [6, 6.07) is 7.45. The zero-order chi connectivity index (χ0) is 16.3. The molecule has 0 saturated carbocycles.